The van der Waals surface area contributed by atoms with Gasteiger partial charge in [0, 0.05) is 6.42 Å². The third kappa shape index (κ3) is 2.74. The SMILES string of the molecule is CC[C@H]([NH3+])Cc1ccc(C)c(O)c1. The summed E-state index contributed by atoms with van der Waals surface area (Å²) in [6.07, 6.45) is 2.03. The van der Waals surface area contributed by atoms with Gasteiger partial charge in [0.1, 0.15) is 5.75 Å². The Balaban J connectivity index is 2.73. The highest BCUT2D eigenvalue weighted by molar-refractivity contribution is 5.35. The van der Waals surface area contributed by atoms with E-state index in [9.17, 15) is 5.11 Å². The van der Waals surface area contributed by atoms with Crippen molar-refractivity contribution in [1.29, 1.82) is 0 Å². The van der Waals surface area contributed by atoms with Gasteiger partial charge in [-0.1, -0.05) is 19.1 Å². The van der Waals surface area contributed by atoms with E-state index in [1.807, 2.05) is 19.1 Å². The molecule has 0 aliphatic carbocycles. The van der Waals surface area contributed by atoms with Crippen LogP contribution in [0.2, 0.25) is 0 Å². The van der Waals surface area contributed by atoms with Crippen molar-refractivity contribution in [2.75, 3.05) is 0 Å². The lowest BCUT2D eigenvalue weighted by Crippen LogP contribution is -2.61. The monoisotopic (exact) mass is 180 g/mol. The molecule has 0 bridgehead atoms. The highest BCUT2D eigenvalue weighted by atomic mass is 16.3. The van der Waals surface area contributed by atoms with Crippen LogP contribution in [0.4, 0.5) is 0 Å². The van der Waals surface area contributed by atoms with Gasteiger partial charge < -0.3 is 10.8 Å². The lowest BCUT2D eigenvalue weighted by atomic mass is 10.0. The summed E-state index contributed by atoms with van der Waals surface area (Å²) in [6, 6.07) is 6.29. The number of phenolic OH excluding ortho intramolecular Hbond substituents is 1. The molecule has 1 rings (SSSR count). The number of hydrogen-bond donors (Lipinski definition) is 2. The van der Waals surface area contributed by atoms with E-state index >= 15 is 0 Å². The van der Waals surface area contributed by atoms with Crippen LogP contribution in [0.3, 0.4) is 0 Å². The predicted octanol–water partition coefficient (Wildman–Crippen LogP) is 1.26. The van der Waals surface area contributed by atoms with Crippen molar-refractivity contribution in [3.05, 3.63) is 29.3 Å². The van der Waals surface area contributed by atoms with Crippen LogP contribution >= 0.6 is 0 Å². The number of phenols is 1. The van der Waals surface area contributed by atoms with E-state index in [0.717, 1.165) is 18.4 Å². The van der Waals surface area contributed by atoms with Gasteiger partial charge in [-0.2, -0.15) is 0 Å². The first kappa shape index (κ1) is 10.1. The van der Waals surface area contributed by atoms with Gasteiger partial charge in [-0.25, -0.2) is 0 Å². The maximum atomic E-state index is 9.47. The predicted molar refractivity (Wildman–Crippen MR) is 53.5 cm³/mol. The van der Waals surface area contributed by atoms with Crippen LogP contribution in [-0.2, 0) is 6.42 Å². The fraction of sp³-hybridized carbons (Fsp3) is 0.455. The first-order chi connectivity index (χ1) is 6.13. The van der Waals surface area contributed by atoms with Gasteiger partial charge >= 0.3 is 0 Å². The molecule has 72 valence electrons. The molecule has 0 aliphatic rings. The molecule has 0 fully saturated rings. The molecular weight excluding hydrogens is 162 g/mol. The van der Waals surface area contributed by atoms with Crippen LogP contribution in [0.15, 0.2) is 18.2 Å². The quantitative estimate of drug-likeness (QED) is 0.723. The maximum absolute atomic E-state index is 9.47. The minimum atomic E-state index is 0.390. The van der Waals surface area contributed by atoms with E-state index in [-0.39, 0.29) is 0 Å². The van der Waals surface area contributed by atoms with Crippen molar-refractivity contribution in [2.24, 2.45) is 0 Å². The molecule has 1 atom stereocenters. The van der Waals surface area contributed by atoms with Crippen molar-refractivity contribution >= 4 is 0 Å². The zero-order chi connectivity index (χ0) is 9.84. The molecule has 0 radical (unpaired) electrons. The van der Waals surface area contributed by atoms with E-state index < -0.39 is 0 Å². The molecular formula is C11H18NO+. The van der Waals surface area contributed by atoms with Crippen LogP contribution in [0.1, 0.15) is 24.5 Å². The van der Waals surface area contributed by atoms with E-state index in [2.05, 4.69) is 18.7 Å². The van der Waals surface area contributed by atoms with Gasteiger partial charge in [-0.3, -0.25) is 0 Å². The summed E-state index contributed by atoms with van der Waals surface area (Å²) < 4.78 is 0. The molecule has 2 heteroatoms. The minimum absolute atomic E-state index is 0.390. The standard InChI is InChI=1S/C11H17NO/c1-3-10(12)6-9-5-4-8(2)11(13)7-9/h4-5,7,10,13H,3,6,12H2,1-2H3/p+1/t10-/m0/s1. The molecule has 2 nitrogen and oxygen atoms in total. The average molecular weight is 180 g/mol. The topological polar surface area (TPSA) is 47.9 Å². The van der Waals surface area contributed by atoms with Crippen LogP contribution < -0.4 is 5.73 Å². The van der Waals surface area contributed by atoms with Gasteiger partial charge in [0.15, 0.2) is 0 Å². The Kier molecular flexibility index (Phi) is 3.32. The highest BCUT2D eigenvalue weighted by Crippen LogP contribution is 2.18. The molecule has 0 amide bonds. The van der Waals surface area contributed by atoms with Gasteiger partial charge in [0.05, 0.1) is 6.04 Å². The van der Waals surface area contributed by atoms with Crippen LogP contribution in [0.5, 0.6) is 5.75 Å². The molecule has 0 heterocycles. The average Bonchev–Trinajstić information content (AvgIpc) is 2.11. The van der Waals surface area contributed by atoms with Crippen molar-refractivity contribution in [1.82, 2.24) is 0 Å². The molecule has 0 aromatic heterocycles. The van der Waals surface area contributed by atoms with E-state index in [1.54, 1.807) is 0 Å². The third-order valence-corrected chi connectivity index (χ3v) is 2.38. The van der Waals surface area contributed by atoms with Crippen molar-refractivity contribution in [3.8, 4) is 5.75 Å². The largest absolute Gasteiger partial charge is 0.508 e. The number of quaternary nitrogens is 1. The number of rotatable bonds is 3. The summed E-state index contributed by atoms with van der Waals surface area (Å²) in [5.74, 6) is 0.390. The smallest absolute Gasteiger partial charge is 0.118 e. The van der Waals surface area contributed by atoms with E-state index in [1.165, 1.54) is 5.56 Å². The molecule has 1 aromatic rings. The van der Waals surface area contributed by atoms with Crippen LogP contribution in [0.25, 0.3) is 0 Å². The minimum Gasteiger partial charge on any atom is -0.508 e. The van der Waals surface area contributed by atoms with E-state index in [4.69, 9.17) is 0 Å². The van der Waals surface area contributed by atoms with E-state index in [0.29, 0.717) is 11.8 Å². The molecule has 13 heavy (non-hydrogen) atoms. The Morgan fingerprint density at radius 1 is 1.46 bits per heavy atom. The van der Waals surface area contributed by atoms with Crippen molar-refractivity contribution in [2.45, 2.75) is 32.7 Å². The Hall–Kier alpha value is -1.02. The molecule has 0 spiro atoms. The van der Waals surface area contributed by atoms with Gasteiger partial charge in [-0.15, -0.1) is 0 Å². The molecule has 0 unspecified atom stereocenters. The Morgan fingerprint density at radius 3 is 2.69 bits per heavy atom. The summed E-state index contributed by atoms with van der Waals surface area (Å²) in [7, 11) is 0. The van der Waals surface area contributed by atoms with Crippen molar-refractivity contribution < 1.29 is 10.8 Å². The molecule has 0 aliphatic heterocycles. The first-order valence-corrected chi connectivity index (χ1v) is 4.75. The molecule has 0 saturated heterocycles. The Labute approximate surface area is 79.4 Å². The van der Waals surface area contributed by atoms with Crippen molar-refractivity contribution in [3.63, 3.8) is 0 Å². The zero-order valence-electron chi connectivity index (χ0n) is 8.38. The Bertz CT molecular complexity index is 283. The lowest BCUT2D eigenvalue weighted by molar-refractivity contribution is -0.419. The first-order valence-electron chi connectivity index (χ1n) is 4.75. The summed E-state index contributed by atoms with van der Waals surface area (Å²) in [4.78, 5) is 0. The Morgan fingerprint density at radius 2 is 2.15 bits per heavy atom. The normalized spacial score (nSPS) is 12.8. The zero-order valence-corrected chi connectivity index (χ0v) is 8.38. The second-order valence-electron chi connectivity index (χ2n) is 3.60. The fourth-order valence-electron chi connectivity index (χ4n) is 1.26. The highest BCUT2D eigenvalue weighted by Gasteiger charge is 2.05. The number of benzene rings is 1. The second-order valence-corrected chi connectivity index (χ2v) is 3.60. The summed E-state index contributed by atoms with van der Waals surface area (Å²) in [5.41, 5.74) is 6.12. The summed E-state index contributed by atoms with van der Waals surface area (Å²) in [5, 5.41) is 9.47. The maximum Gasteiger partial charge on any atom is 0.118 e. The number of hydrogen-bond acceptors (Lipinski definition) is 1. The summed E-state index contributed by atoms with van der Waals surface area (Å²) >= 11 is 0. The van der Waals surface area contributed by atoms with Crippen LogP contribution in [-0.4, -0.2) is 11.1 Å². The molecule has 4 N–H and O–H groups in total. The van der Waals surface area contributed by atoms with Gasteiger partial charge in [0.25, 0.3) is 0 Å². The fourth-order valence-corrected chi connectivity index (χ4v) is 1.26. The number of aryl methyl sites for hydroxylation is 1. The number of aromatic hydroxyl groups is 1. The van der Waals surface area contributed by atoms with Crippen LogP contribution in [0, 0.1) is 6.92 Å². The molecule has 0 saturated carbocycles. The summed E-state index contributed by atoms with van der Waals surface area (Å²) in [6.45, 7) is 4.03. The van der Waals surface area contributed by atoms with Gasteiger partial charge in [0.2, 0.25) is 0 Å². The lowest BCUT2D eigenvalue weighted by Gasteiger charge is -2.06. The third-order valence-electron chi connectivity index (χ3n) is 2.38. The second kappa shape index (κ2) is 4.28. The van der Waals surface area contributed by atoms with Gasteiger partial charge in [-0.05, 0) is 30.5 Å². The molecule has 1 aromatic carbocycles.